The summed E-state index contributed by atoms with van der Waals surface area (Å²) in [4.78, 5) is 33.6. The van der Waals surface area contributed by atoms with Crippen LogP contribution >= 0.6 is 0 Å². The van der Waals surface area contributed by atoms with Gasteiger partial charge in [0.25, 0.3) is 0 Å². The van der Waals surface area contributed by atoms with E-state index in [-0.39, 0.29) is 0 Å². The molecule has 0 radical (unpaired) electrons. The Balaban J connectivity index is 1.19. The molecule has 0 spiro atoms. The number of unbranched alkanes of at least 4 members (excludes halogenated alkanes) is 4. The molecular weight excluding hydrogens is 428 g/mol. The summed E-state index contributed by atoms with van der Waals surface area (Å²) in [5.41, 5.74) is 3.83. The number of nitrogens with one attached hydrogen (secondary N) is 1. The highest BCUT2D eigenvalue weighted by Crippen LogP contribution is 2.24. The zero-order chi connectivity index (χ0) is 23.8. The molecule has 0 unspecified atom stereocenters. The van der Waals surface area contributed by atoms with Crippen LogP contribution < -0.4 is 5.32 Å². The summed E-state index contributed by atoms with van der Waals surface area (Å²) in [6.07, 6.45) is 15.6. The fourth-order valence-corrected chi connectivity index (χ4v) is 4.30. The number of carboxylic acids is 1. The second-order valence-corrected chi connectivity index (χ2v) is 8.90. The summed E-state index contributed by atoms with van der Waals surface area (Å²) < 4.78 is 0. The number of nitrogens with zero attached hydrogens (tertiary/aromatic N) is 5. The van der Waals surface area contributed by atoms with Crippen molar-refractivity contribution in [1.29, 1.82) is 0 Å². The Bertz CT molecular complexity index is 1090. The number of carboxylic acid groups (broad SMARTS) is 1. The monoisotopic (exact) mass is 460 g/mol. The molecule has 0 saturated heterocycles. The molecule has 0 amide bonds. The molecule has 0 saturated carbocycles. The normalized spacial score (nSPS) is 13.7. The van der Waals surface area contributed by atoms with Crippen LogP contribution in [-0.2, 0) is 17.6 Å². The van der Waals surface area contributed by atoms with E-state index in [0.717, 1.165) is 63.0 Å². The summed E-state index contributed by atoms with van der Waals surface area (Å²) in [6, 6.07) is 4.36. The van der Waals surface area contributed by atoms with Crippen LogP contribution in [0, 0.1) is 6.92 Å². The van der Waals surface area contributed by atoms with Gasteiger partial charge in [-0.2, -0.15) is 0 Å². The lowest BCUT2D eigenvalue weighted by atomic mass is 9.95. The average Bonchev–Trinajstić information content (AvgIpc) is 2.86. The van der Waals surface area contributed by atoms with Crippen LogP contribution in [-0.4, -0.2) is 42.5 Å². The third kappa shape index (κ3) is 6.34. The Hall–Kier alpha value is -3.42. The minimum Gasteiger partial charge on any atom is -0.481 e. The maximum Gasteiger partial charge on any atom is 0.311 e. The number of aliphatic carboxylic acids is 1. The van der Waals surface area contributed by atoms with E-state index in [2.05, 4.69) is 37.4 Å². The third-order valence-corrected chi connectivity index (χ3v) is 6.29. The first-order chi connectivity index (χ1) is 16.6. The lowest BCUT2D eigenvalue weighted by molar-refractivity contribution is -0.139. The lowest BCUT2D eigenvalue weighted by Gasteiger charge is -2.17. The fraction of sp³-hybridized carbons (Fsp3) is 0.462. The first kappa shape index (κ1) is 23.7. The van der Waals surface area contributed by atoms with Gasteiger partial charge in [-0.1, -0.05) is 31.7 Å². The van der Waals surface area contributed by atoms with E-state index >= 15 is 0 Å². The molecule has 3 aromatic heterocycles. The SMILES string of the molecule is Cc1ncc(-c2ncc([C@@H](CCCCCCCc3ccc4c(n3)NCCC4)C(=O)O)cn2)cn1. The summed E-state index contributed by atoms with van der Waals surface area (Å²) in [7, 11) is 0. The van der Waals surface area contributed by atoms with E-state index in [1.165, 1.54) is 12.0 Å². The van der Waals surface area contributed by atoms with Crippen molar-refractivity contribution < 1.29 is 9.90 Å². The molecule has 4 rings (SSSR count). The number of aromatic nitrogens is 5. The standard InChI is InChI=1S/C26H32N6O2/c1-18-28-16-21(17-29-18)24-30-14-20(15-31-24)23(26(33)34)10-6-4-2-3-5-9-22-12-11-19-8-7-13-27-25(19)32-22/h11-12,14-17,23H,2-10,13H2,1H3,(H,27,32)(H,33,34)/t23-/m1/s1. The third-order valence-electron chi connectivity index (χ3n) is 6.29. The first-order valence-electron chi connectivity index (χ1n) is 12.2. The predicted molar refractivity (Wildman–Crippen MR) is 131 cm³/mol. The second kappa shape index (κ2) is 11.6. The van der Waals surface area contributed by atoms with Crippen molar-refractivity contribution in [3.63, 3.8) is 0 Å². The highest BCUT2D eigenvalue weighted by atomic mass is 16.4. The topological polar surface area (TPSA) is 114 Å². The predicted octanol–water partition coefficient (Wildman–Crippen LogP) is 4.75. The molecule has 0 bridgehead atoms. The molecule has 2 N–H and O–H groups in total. The first-order valence-corrected chi connectivity index (χ1v) is 12.2. The Labute approximate surface area is 200 Å². The van der Waals surface area contributed by atoms with Gasteiger partial charge in [-0.05, 0) is 50.7 Å². The van der Waals surface area contributed by atoms with Gasteiger partial charge in [-0.15, -0.1) is 0 Å². The molecule has 0 aromatic carbocycles. The maximum atomic E-state index is 11.8. The van der Waals surface area contributed by atoms with Gasteiger partial charge >= 0.3 is 5.97 Å². The van der Waals surface area contributed by atoms with Gasteiger partial charge < -0.3 is 10.4 Å². The van der Waals surface area contributed by atoms with Crippen molar-refractivity contribution >= 4 is 11.8 Å². The minimum atomic E-state index is -0.831. The van der Waals surface area contributed by atoms with Crippen molar-refractivity contribution in [2.24, 2.45) is 0 Å². The largest absolute Gasteiger partial charge is 0.481 e. The van der Waals surface area contributed by atoms with E-state index in [9.17, 15) is 9.90 Å². The van der Waals surface area contributed by atoms with Crippen molar-refractivity contribution in [1.82, 2.24) is 24.9 Å². The number of fused-ring (bicyclic) bond motifs is 1. The molecule has 4 heterocycles. The fourth-order valence-electron chi connectivity index (χ4n) is 4.30. The van der Waals surface area contributed by atoms with Crippen molar-refractivity contribution in [2.45, 2.75) is 70.6 Å². The van der Waals surface area contributed by atoms with Gasteiger partial charge in [0.1, 0.15) is 11.6 Å². The van der Waals surface area contributed by atoms with Gasteiger partial charge in [0, 0.05) is 42.6 Å². The number of aryl methyl sites for hydroxylation is 3. The van der Waals surface area contributed by atoms with E-state index in [1.54, 1.807) is 24.8 Å². The number of hydrogen-bond donors (Lipinski definition) is 2. The Kier molecular flexibility index (Phi) is 8.12. The zero-order valence-corrected chi connectivity index (χ0v) is 19.7. The van der Waals surface area contributed by atoms with Crippen LogP contribution in [0.25, 0.3) is 11.4 Å². The molecule has 1 atom stereocenters. The van der Waals surface area contributed by atoms with Crippen LogP contribution in [0.15, 0.2) is 36.9 Å². The Morgan fingerprint density at radius 2 is 1.74 bits per heavy atom. The number of carbonyl (C=O) groups is 1. The van der Waals surface area contributed by atoms with Crippen LogP contribution in [0.2, 0.25) is 0 Å². The van der Waals surface area contributed by atoms with Crippen LogP contribution in [0.1, 0.15) is 73.5 Å². The lowest BCUT2D eigenvalue weighted by Crippen LogP contribution is -2.14. The quantitative estimate of drug-likeness (QED) is 0.394. The van der Waals surface area contributed by atoms with E-state index < -0.39 is 11.9 Å². The summed E-state index contributed by atoms with van der Waals surface area (Å²) in [6.45, 7) is 2.83. The Morgan fingerprint density at radius 1 is 1.00 bits per heavy atom. The number of anilines is 1. The molecule has 1 aliphatic rings. The number of hydrogen-bond acceptors (Lipinski definition) is 7. The van der Waals surface area contributed by atoms with E-state index in [1.807, 2.05) is 6.92 Å². The molecule has 8 heteroatoms. The van der Waals surface area contributed by atoms with Gasteiger partial charge in [0.15, 0.2) is 5.82 Å². The average molecular weight is 461 g/mol. The van der Waals surface area contributed by atoms with Gasteiger partial charge in [-0.25, -0.2) is 24.9 Å². The van der Waals surface area contributed by atoms with E-state index in [0.29, 0.717) is 29.2 Å². The van der Waals surface area contributed by atoms with Crippen LogP contribution in [0.3, 0.4) is 0 Å². The summed E-state index contributed by atoms with van der Waals surface area (Å²) in [5, 5.41) is 13.1. The molecule has 178 valence electrons. The molecule has 8 nitrogen and oxygen atoms in total. The second-order valence-electron chi connectivity index (χ2n) is 8.90. The highest BCUT2D eigenvalue weighted by Gasteiger charge is 2.20. The highest BCUT2D eigenvalue weighted by molar-refractivity contribution is 5.75. The molecular formula is C26H32N6O2. The van der Waals surface area contributed by atoms with Crippen LogP contribution in [0.4, 0.5) is 5.82 Å². The van der Waals surface area contributed by atoms with Gasteiger partial charge in [0.2, 0.25) is 0 Å². The van der Waals surface area contributed by atoms with Crippen molar-refractivity contribution in [3.05, 3.63) is 59.6 Å². The Morgan fingerprint density at radius 3 is 2.50 bits per heavy atom. The summed E-state index contributed by atoms with van der Waals surface area (Å²) in [5.74, 6) is 0.821. The minimum absolute atomic E-state index is 0.497. The van der Waals surface area contributed by atoms with Gasteiger partial charge in [-0.3, -0.25) is 4.79 Å². The molecule has 3 aromatic rings. The summed E-state index contributed by atoms with van der Waals surface area (Å²) >= 11 is 0. The van der Waals surface area contributed by atoms with Gasteiger partial charge in [0.05, 0.1) is 11.5 Å². The van der Waals surface area contributed by atoms with E-state index in [4.69, 9.17) is 4.98 Å². The zero-order valence-electron chi connectivity index (χ0n) is 19.7. The van der Waals surface area contributed by atoms with Crippen molar-refractivity contribution in [2.75, 3.05) is 11.9 Å². The van der Waals surface area contributed by atoms with Crippen molar-refractivity contribution in [3.8, 4) is 11.4 Å². The maximum absolute atomic E-state index is 11.8. The number of rotatable bonds is 11. The molecule has 0 aliphatic carbocycles. The molecule has 34 heavy (non-hydrogen) atoms. The van der Waals surface area contributed by atoms with Crippen LogP contribution in [0.5, 0.6) is 0 Å². The molecule has 1 aliphatic heterocycles. The smallest absolute Gasteiger partial charge is 0.311 e. The molecule has 0 fully saturated rings. The number of pyridine rings is 1.